The van der Waals surface area contributed by atoms with E-state index in [0.717, 1.165) is 30.6 Å². The van der Waals surface area contributed by atoms with Crippen molar-refractivity contribution in [1.29, 1.82) is 0 Å². The molecule has 0 bridgehead atoms. The van der Waals surface area contributed by atoms with Gasteiger partial charge in [-0.1, -0.05) is 24.6 Å². The van der Waals surface area contributed by atoms with E-state index in [4.69, 9.17) is 11.6 Å². The molecule has 3 heteroatoms. The van der Waals surface area contributed by atoms with E-state index in [1.165, 1.54) is 5.56 Å². The minimum Gasteiger partial charge on any atom is -0.338 e. The van der Waals surface area contributed by atoms with Crippen LogP contribution in [0.2, 0.25) is 0 Å². The van der Waals surface area contributed by atoms with Crippen LogP contribution in [-0.4, -0.2) is 29.3 Å². The van der Waals surface area contributed by atoms with Crippen LogP contribution in [0.1, 0.15) is 34.8 Å². The maximum atomic E-state index is 12.5. The van der Waals surface area contributed by atoms with E-state index in [-0.39, 0.29) is 11.3 Å². The number of hydrogen-bond acceptors (Lipinski definition) is 1. The highest BCUT2D eigenvalue weighted by molar-refractivity contribution is 6.20. The fourth-order valence-corrected chi connectivity index (χ4v) is 2.70. The standard InChI is InChI=1S/C15H20ClNO/c1-10-4-5-13(11(2)8-10)15(18)17-7-6-14(16)12(3)9-17/h4-5,8,12,14H,6-7,9H2,1-3H3. The van der Waals surface area contributed by atoms with Crippen LogP contribution in [0.4, 0.5) is 0 Å². The molecule has 1 aromatic rings. The largest absolute Gasteiger partial charge is 0.338 e. The Bertz CT molecular complexity index is 458. The first-order valence-electron chi connectivity index (χ1n) is 6.49. The lowest BCUT2D eigenvalue weighted by molar-refractivity contribution is 0.0686. The molecule has 0 saturated carbocycles. The lowest BCUT2D eigenvalue weighted by atomic mass is 9.97. The predicted octanol–water partition coefficient (Wildman–Crippen LogP) is 3.39. The third-order valence-electron chi connectivity index (χ3n) is 3.70. The van der Waals surface area contributed by atoms with Gasteiger partial charge in [0.05, 0.1) is 0 Å². The van der Waals surface area contributed by atoms with Crippen LogP contribution in [0.15, 0.2) is 18.2 Å². The molecule has 1 saturated heterocycles. The van der Waals surface area contributed by atoms with Gasteiger partial charge in [0.15, 0.2) is 0 Å². The van der Waals surface area contributed by atoms with E-state index in [2.05, 4.69) is 13.0 Å². The number of hydrogen-bond donors (Lipinski definition) is 0. The first kappa shape index (κ1) is 13.4. The number of benzene rings is 1. The second-order valence-corrected chi connectivity index (χ2v) is 5.91. The Morgan fingerprint density at radius 3 is 2.72 bits per heavy atom. The van der Waals surface area contributed by atoms with Crippen molar-refractivity contribution in [3.05, 3.63) is 34.9 Å². The van der Waals surface area contributed by atoms with Gasteiger partial charge in [-0.05, 0) is 37.8 Å². The van der Waals surface area contributed by atoms with Crippen LogP contribution in [0, 0.1) is 19.8 Å². The number of carbonyl (C=O) groups is 1. The summed E-state index contributed by atoms with van der Waals surface area (Å²) in [5.41, 5.74) is 3.07. The lowest BCUT2D eigenvalue weighted by Crippen LogP contribution is -2.43. The maximum absolute atomic E-state index is 12.5. The van der Waals surface area contributed by atoms with Crippen molar-refractivity contribution in [2.24, 2.45) is 5.92 Å². The van der Waals surface area contributed by atoms with Crippen molar-refractivity contribution in [2.45, 2.75) is 32.6 Å². The Morgan fingerprint density at radius 2 is 2.11 bits per heavy atom. The fraction of sp³-hybridized carbons (Fsp3) is 0.533. The van der Waals surface area contributed by atoms with Crippen LogP contribution < -0.4 is 0 Å². The number of halogens is 1. The Morgan fingerprint density at radius 1 is 1.39 bits per heavy atom. The highest BCUT2D eigenvalue weighted by Gasteiger charge is 2.28. The topological polar surface area (TPSA) is 20.3 Å². The molecule has 0 radical (unpaired) electrons. The Balaban J connectivity index is 2.16. The number of aryl methyl sites for hydroxylation is 2. The molecule has 2 nitrogen and oxygen atoms in total. The summed E-state index contributed by atoms with van der Waals surface area (Å²) >= 11 is 6.20. The molecule has 2 unspecified atom stereocenters. The summed E-state index contributed by atoms with van der Waals surface area (Å²) in [5.74, 6) is 0.512. The third kappa shape index (κ3) is 2.69. The van der Waals surface area contributed by atoms with Crippen LogP contribution in [0.3, 0.4) is 0 Å². The third-order valence-corrected chi connectivity index (χ3v) is 4.35. The average Bonchev–Trinajstić information content (AvgIpc) is 2.32. The molecule has 0 aromatic heterocycles. The smallest absolute Gasteiger partial charge is 0.254 e. The van der Waals surface area contributed by atoms with Gasteiger partial charge < -0.3 is 4.90 Å². The summed E-state index contributed by atoms with van der Waals surface area (Å²) in [6, 6.07) is 5.99. The molecule has 0 aliphatic carbocycles. The molecule has 1 amide bonds. The molecule has 98 valence electrons. The number of nitrogens with zero attached hydrogens (tertiary/aromatic N) is 1. The molecule has 18 heavy (non-hydrogen) atoms. The highest BCUT2D eigenvalue weighted by atomic mass is 35.5. The molecule has 1 heterocycles. The van der Waals surface area contributed by atoms with Crippen LogP contribution in [-0.2, 0) is 0 Å². The monoisotopic (exact) mass is 265 g/mol. The number of rotatable bonds is 1. The summed E-state index contributed by atoms with van der Waals surface area (Å²) in [4.78, 5) is 14.4. The molecule has 1 aliphatic rings. The molecule has 2 atom stereocenters. The summed E-state index contributed by atoms with van der Waals surface area (Å²) < 4.78 is 0. The van der Waals surface area contributed by atoms with Crippen molar-refractivity contribution >= 4 is 17.5 Å². The van der Waals surface area contributed by atoms with E-state index < -0.39 is 0 Å². The average molecular weight is 266 g/mol. The molecule has 0 N–H and O–H groups in total. The van der Waals surface area contributed by atoms with Gasteiger partial charge in [0.1, 0.15) is 0 Å². The zero-order chi connectivity index (χ0) is 13.3. The summed E-state index contributed by atoms with van der Waals surface area (Å²) in [6.45, 7) is 7.68. The van der Waals surface area contributed by atoms with Gasteiger partial charge in [-0.25, -0.2) is 0 Å². The second kappa shape index (κ2) is 5.31. The number of alkyl halides is 1. The van der Waals surface area contributed by atoms with Gasteiger partial charge >= 0.3 is 0 Å². The van der Waals surface area contributed by atoms with E-state index in [1.54, 1.807) is 0 Å². The van der Waals surface area contributed by atoms with Crippen LogP contribution >= 0.6 is 11.6 Å². The Labute approximate surface area is 114 Å². The lowest BCUT2D eigenvalue weighted by Gasteiger charge is -2.34. The van der Waals surface area contributed by atoms with E-state index in [1.807, 2.05) is 30.9 Å². The maximum Gasteiger partial charge on any atom is 0.254 e. The van der Waals surface area contributed by atoms with Crippen molar-refractivity contribution < 1.29 is 4.79 Å². The summed E-state index contributed by atoms with van der Waals surface area (Å²) in [7, 11) is 0. The van der Waals surface area contributed by atoms with E-state index in [9.17, 15) is 4.79 Å². The summed E-state index contributed by atoms with van der Waals surface area (Å²) in [6.07, 6.45) is 0.888. The number of piperidine rings is 1. The second-order valence-electron chi connectivity index (χ2n) is 5.35. The fourth-order valence-electron chi connectivity index (χ4n) is 2.53. The zero-order valence-electron chi connectivity index (χ0n) is 11.2. The number of amides is 1. The number of carbonyl (C=O) groups excluding carboxylic acids is 1. The van der Waals surface area contributed by atoms with Crippen molar-refractivity contribution in [3.8, 4) is 0 Å². The van der Waals surface area contributed by atoms with Gasteiger partial charge in [-0.2, -0.15) is 0 Å². The normalized spacial score (nSPS) is 24.1. The molecule has 0 spiro atoms. The molecule has 1 aromatic carbocycles. The van der Waals surface area contributed by atoms with Crippen LogP contribution in [0.25, 0.3) is 0 Å². The highest BCUT2D eigenvalue weighted by Crippen LogP contribution is 2.24. The van der Waals surface area contributed by atoms with E-state index >= 15 is 0 Å². The molecule has 2 rings (SSSR count). The Kier molecular flexibility index (Phi) is 3.96. The zero-order valence-corrected chi connectivity index (χ0v) is 12.0. The molecular formula is C15H20ClNO. The quantitative estimate of drug-likeness (QED) is 0.713. The van der Waals surface area contributed by atoms with Gasteiger partial charge in [-0.15, -0.1) is 11.6 Å². The van der Waals surface area contributed by atoms with Crippen molar-refractivity contribution in [3.63, 3.8) is 0 Å². The Hall–Kier alpha value is -1.02. The minimum atomic E-state index is 0.142. The van der Waals surface area contributed by atoms with Crippen LogP contribution in [0.5, 0.6) is 0 Å². The number of likely N-dealkylation sites (tertiary alicyclic amines) is 1. The first-order chi connectivity index (χ1) is 8.49. The van der Waals surface area contributed by atoms with Gasteiger partial charge in [0.25, 0.3) is 5.91 Å². The minimum absolute atomic E-state index is 0.142. The molecule has 1 aliphatic heterocycles. The molecular weight excluding hydrogens is 246 g/mol. The SMILES string of the molecule is Cc1ccc(C(=O)N2CCC(Cl)C(C)C2)c(C)c1. The van der Waals surface area contributed by atoms with Crippen molar-refractivity contribution in [2.75, 3.05) is 13.1 Å². The van der Waals surface area contributed by atoms with Gasteiger partial charge in [-0.3, -0.25) is 4.79 Å². The first-order valence-corrected chi connectivity index (χ1v) is 6.93. The van der Waals surface area contributed by atoms with Gasteiger partial charge in [0.2, 0.25) is 0 Å². The van der Waals surface area contributed by atoms with E-state index in [0.29, 0.717) is 5.92 Å². The molecule has 1 fully saturated rings. The van der Waals surface area contributed by atoms with Crippen molar-refractivity contribution in [1.82, 2.24) is 4.90 Å². The predicted molar refractivity (Wildman–Crippen MR) is 75.2 cm³/mol. The van der Waals surface area contributed by atoms with Gasteiger partial charge in [0, 0.05) is 24.0 Å². The summed E-state index contributed by atoms with van der Waals surface area (Å²) in [5, 5.41) is 0.202.